The van der Waals surface area contributed by atoms with Crippen molar-refractivity contribution in [3.63, 3.8) is 0 Å². The van der Waals surface area contributed by atoms with Crippen molar-refractivity contribution in [1.29, 1.82) is 0 Å². The molecule has 0 spiro atoms. The fourth-order valence-corrected chi connectivity index (χ4v) is 4.94. The Morgan fingerprint density at radius 3 is 2.62 bits per heavy atom. The quantitative estimate of drug-likeness (QED) is 0.233. The van der Waals surface area contributed by atoms with Gasteiger partial charge in [0, 0.05) is 23.6 Å². The van der Waals surface area contributed by atoms with Crippen molar-refractivity contribution in [3.05, 3.63) is 54.7 Å². The van der Waals surface area contributed by atoms with Gasteiger partial charge in [0.15, 0.2) is 5.16 Å². The molecule has 1 amide bonds. The van der Waals surface area contributed by atoms with Crippen LogP contribution in [0.3, 0.4) is 0 Å². The van der Waals surface area contributed by atoms with E-state index in [0.29, 0.717) is 22.8 Å². The lowest BCUT2D eigenvalue weighted by Crippen LogP contribution is -2.23. The van der Waals surface area contributed by atoms with Gasteiger partial charge in [-0.15, -0.1) is 11.3 Å². The average Bonchev–Trinajstić information content (AvgIpc) is 2.99. The fraction of sp³-hybridized carbons (Fsp3) is 0.316. The number of fused-ring (bicyclic) bond motifs is 1. The fourth-order valence-electron chi connectivity index (χ4n) is 3.00. The van der Waals surface area contributed by atoms with Crippen LogP contribution in [0.1, 0.15) is 22.9 Å². The molecule has 170 valence electrons. The van der Waals surface area contributed by atoms with Crippen LogP contribution in [-0.4, -0.2) is 26.1 Å². The molecule has 1 aromatic carbocycles. The van der Waals surface area contributed by atoms with Gasteiger partial charge >= 0.3 is 6.18 Å². The topological polar surface area (TPSA) is 107 Å². The number of amides is 1. The molecule has 0 aliphatic heterocycles. The summed E-state index contributed by atoms with van der Waals surface area (Å²) in [5, 5.41) is 13.7. The number of hydrogen-bond acceptors (Lipinski definition) is 7. The summed E-state index contributed by atoms with van der Waals surface area (Å²) in [6, 6.07) is 2.09. The van der Waals surface area contributed by atoms with E-state index in [1.165, 1.54) is 15.9 Å². The Bertz CT molecular complexity index is 1280. The summed E-state index contributed by atoms with van der Waals surface area (Å²) in [6.45, 7) is 5.76. The van der Waals surface area contributed by atoms with Gasteiger partial charge < -0.3 is 5.32 Å². The lowest BCUT2D eigenvalue weighted by molar-refractivity contribution is -0.385. The molecule has 0 radical (unpaired) electrons. The number of nitro benzene ring substituents is 1. The number of benzene rings is 1. The molecule has 0 bridgehead atoms. The van der Waals surface area contributed by atoms with Gasteiger partial charge in [-0.3, -0.25) is 24.3 Å². The number of thiophene rings is 1. The maximum Gasteiger partial charge on any atom is 0.418 e. The van der Waals surface area contributed by atoms with E-state index in [-0.39, 0.29) is 16.5 Å². The first kappa shape index (κ1) is 23.7. The Kier molecular flexibility index (Phi) is 6.60. The van der Waals surface area contributed by atoms with Crippen molar-refractivity contribution in [2.24, 2.45) is 0 Å². The molecule has 2 heterocycles. The maximum absolute atomic E-state index is 13.3. The van der Waals surface area contributed by atoms with Crippen LogP contribution in [0.25, 0.3) is 10.2 Å². The predicted octanol–water partition coefficient (Wildman–Crippen LogP) is 4.75. The number of nitrogens with zero attached hydrogens (tertiary/aromatic N) is 3. The standard InChI is InChI=1S/C19H17F3N4O4S2/c1-4-25-17(28)15-9(2)10(3)32-16(15)24-18(25)31-8-14(27)23-13-6-5-11(26(29)30)7-12(13)19(20,21)22/h5-7H,4,8H2,1-3H3,(H,23,27). The molecular formula is C19H17F3N4O4S2. The summed E-state index contributed by atoms with van der Waals surface area (Å²) in [5.74, 6) is -1.08. The first-order valence-electron chi connectivity index (χ1n) is 9.22. The summed E-state index contributed by atoms with van der Waals surface area (Å²) in [4.78, 5) is 41.0. The summed E-state index contributed by atoms with van der Waals surface area (Å²) < 4.78 is 41.3. The number of anilines is 1. The number of carbonyl (C=O) groups excluding carboxylic acids is 1. The van der Waals surface area contributed by atoms with Crippen molar-refractivity contribution < 1.29 is 22.9 Å². The molecular weight excluding hydrogens is 469 g/mol. The van der Waals surface area contributed by atoms with Crippen molar-refractivity contribution in [2.75, 3.05) is 11.1 Å². The van der Waals surface area contributed by atoms with Crippen LogP contribution in [0, 0.1) is 24.0 Å². The molecule has 0 saturated heterocycles. The minimum absolute atomic E-state index is 0.239. The highest BCUT2D eigenvalue weighted by Crippen LogP contribution is 2.37. The van der Waals surface area contributed by atoms with Crippen LogP contribution in [0.2, 0.25) is 0 Å². The molecule has 0 unspecified atom stereocenters. The van der Waals surface area contributed by atoms with Gasteiger partial charge in [-0.2, -0.15) is 13.2 Å². The van der Waals surface area contributed by atoms with Crippen LogP contribution >= 0.6 is 23.1 Å². The maximum atomic E-state index is 13.3. The van der Waals surface area contributed by atoms with Gasteiger partial charge in [0.1, 0.15) is 4.83 Å². The number of alkyl halides is 3. The summed E-state index contributed by atoms with van der Waals surface area (Å²) in [7, 11) is 0. The highest BCUT2D eigenvalue weighted by Gasteiger charge is 2.35. The average molecular weight is 486 g/mol. The third-order valence-corrected chi connectivity index (χ3v) is 6.77. The number of non-ortho nitro benzene ring substituents is 1. The van der Waals surface area contributed by atoms with Gasteiger partial charge in [-0.25, -0.2) is 4.98 Å². The van der Waals surface area contributed by atoms with E-state index < -0.39 is 33.9 Å². The number of nitro groups is 1. The lowest BCUT2D eigenvalue weighted by atomic mass is 10.1. The van der Waals surface area contributed by atoms with Gasteiger partial charge in [0.05, 0.1) is 27.3 Å². The smallest absolute Gasteiger partial charge is 0.325 e. The van der Waals surface area contributed by atoms with Gasteiger partial charge in [-0.05, 0) is 32.4 Å². The Morgan fingerprint density at radius 2 is 2.03 bits per heavy atom. The third-order valence-electron chi connectivity index (χ3n) is 4.70. The van der Waals surface area contributed by atoms with E-state index >= 15 is 0 Å². The zero-order valence-corrected chi connectivity index (χ0v) is 18.7. The summed E-state index contributed by atoms with van der Waals surface area (Å²) >= 11 is 2.27. The van der Waals surface area contributed by atoms with Crippen molar-refractivity contribution in [3.8, 4) is 0 Å². The van der Waals surface area contributed by atoms with Crippen molar-refractivity contribution in [2.45, 2.75) is 38.6 Å². The van der Waals surface area contributed by atoms with Crippen LogP contribution in [0.4, 0.5) is 24.5 Å². The van der Waals surface area contributed by atoms with E-state index in [4.69, 9.17) is 0 Å². The van der Waals surface area contributed by atoms with E-state index in [2.05, 4.69) is 10.3 Å². The normalized spacial score (nSPS) is 11.7. The highest BCUT2D eigenvalue weighted by molar-refractivity contribution is 7.99. The highest BCUT2D eigenvalue weighted by atomic mass is 32.2. The summed E-state index contributed by atoms with van der Waals surface area (Å²) in [6.07, 6.45) is -4.90. The monoisotopic (exact) mass is 486 g/mol. The number of carbonyl (C=O) groups is 1. The summed E-state index contributed by atoms with van der Waals surface area (Å²) in [5.41, 5.74) is -2.04. The first-order chi connectivity index (χ1) is 14.9. The molecule has 3 rings (SSSR count). The molecule has 1 N–H and O–H groups in total. The Balaban J connectivity index is 1.85. The predicted molar refractivity (Wildman–Crippen MR) is 116 cm³/mol. The molecule has 0 atom stereocenters. The minimum atomic E-state index is -4.90. The second kappa shape index (κ2) is 8.90. The third kappa shape index (κ3) is 4.63. The minimum Gasteiger partial charge on any atom is -0.325 e. The molecule has 13 heteroatoms. The van der Waals surface area contributed by atoms with Gasteiger partial charge in [0.25, 0.3) is 11.2 Å². The Hall–Kier alpha value is -2.93. The lowest BCUT2D eigenvalue weighted by Gasteiger charge is -2.14. The number of aryl methyl sites for hydroxylation is 2. The largest absolute Gasteiger partial charge is 0.418 e. The molecule has 3 aromatic rings. The zero-order chi connectivity index (χ0) is 23.8. The van der Waals surface area contributed by atoms with E-state index in [9.17, 15) is 32.9 Å². The molecule has 32 heavy (non-hydrogen) atoms. The number of thioether (sulfide) groups is 1. The molecule has 0 saturated carbocycles. The number of rotatable bonds is 6. The zero-order valence-electron chi connectivity index (χ0n) is 17.1. The van der Waals surface area contributed by atoms with Gasteiger partial charge in [-0.1, -0.05) is 11.8 Å². The number of hydrogen-bond donors (Lipinski definition) is 1. The van der Waals surface area contributed by atoms with E-state index in [0.717, 1.165) is 34.3 Å². The molecule has 8 nitrogen and oxygen atoms in total. The van der Waals surface area contributed by atoms with Crippen LogP contribution in [-0.2, 0) is 17.5 Å². The van der Waals surface area contributed by atoms with Crippen molar-refractivity contribution >= 4 is 50.6 Å². The SMILES string of the molecule is CCn1c(SCC(=O)Nc2ccc([N+](=O)[O-])cc2C(F)(F)F)nc2sc(C)c(C)c2c1=O. The number of aromatic nitrogens is 2. The van der Waals surface area contributed by atoms with Crippen LogP contribution in [0.15, 0.2) is 28.2 Å². The first-order valence-corrected chi connectivity index (χ1v) is 11.0. The molecule has 2 aromatic heterocycles. The van der Waals surface area contributed by atoms with Crippen LogP contribution < -0.4 is 10.9 Å². The number of nitrogens with one attached hydrogen (secondary N) is 1. The second-order valence-electron chi connectivity index (χ2n) is 6.73. The molecule has 0 aliphatic rings. The van der Waals surface area contributed by atoms with E-state index in [1.54, 1.807) is 6.92 Å². The van der Waals surface area contributed by atoms with Gasteiger partial charge in [0.2, 0.25) is 5.91 Å². The Morgan fingerprint density at radius 1 is 1.34 bits per heavy atom. The van der Waals surface area contributed by atoms with E-state index in [1.807, 2.05) is 13.8 Å². The molecule has 0 fully saturated rings. The van der Waals surface area contributed by atoms with Crippen LogP contribution in [0.5, 0.6) is 0 Å². The Labute approximate surface area is 187 Å². The van der Waals surface area contributed by atoms with Crippen molar-refractivity contribution in [1.82, 2.24) is 9.55 Å². The number of halogens is 3. The second-order valence-corrected chi connectivity index (χ2v) is 8.87. The molecule has 0 aliphatic carbocycles.